The van der Waals surface area contributed by atoms with E-state index >= 15 is 0 Å². The lowest BCUT2D eigenvalue weighted by Gasteiger charge is -2.48. The van der Waals surface area contributed by atoms with Crippen LogP contribution in [0.15, 0.2) is 6.07 Å². The van der Waals surface area contributed by atoms with Gasteiger partial charge in [0.15, 0.2) is 0 Å². The van der Waals surface area contributed by atoms with Crippen molar-refractivity contribution in [3.63, 3.8) is 0 Å². The monoisotopic (exact) mass is 280 g/mol. The van der Waals surface area contributed by atoms with Crippen molar-refractivity contribution in [3.05, 3.63) is 11.8 Å². The Labute approximate surface area is 119 Å². The van der Waals surface area contributed by atoms with E-state index in [1.54, 1.807) is 11.8 Å². The topological polar surface area (TPSA) is 74.3 Å². The first-order valence-electron chi connectivity index (χ1n) is 7.35. The van der Waals surface area contributed by atoms with Gasteiger partial charge < -0.3 is 9.47 Å². The van der Waals surface area contributed by atoms with Crippen molar-refractivity contribution in [2.45, 2.75) is 43.7 Å². The average molecular weight is 280 g/mol. The van der Waals surface area contributed by atoms with Gasteiger partial charge in [0.05, 0.1) is 24.4 Å². The lowest BCUT2D eigenvalue weighted by Crippen LogP contribution is -2.48. The van der Waals surface area contributed by atoms with E-state index in [4.69, 9.17) is 15.3 Å². The van der Waals surface area contributed by atoms with Crippen molar-refractivity contribution < 1.29 is 9.47 Å². The summed E-state index contributed by atoms with van der Waals surface area (Å²) >= 11 is 0. The van der Waals surface area contributed by atoms with Gasteiger partial charge in [-0.2, -0.15) is 5.10 Å². The number of ether oxygens (including phenoxy) is 2. The average Bonchev–Trinajstić information content (AvgIpc) is 2.79. The van der Waals surface area contributed by atoms with Crippen molar-refractivity contribution in [2.24, 2.45) is 18.8 Å². The minimum Gasteiger partial charge on any atom is -0.481 e. The Morgan fingerprint density at radius 1 is 1.60 bits per heavy atom. The molecule has 2 unspecified atom stereocenters. The molecule has 1 saturated carbocycles. The zero-order valence-electron chi connectivity index (χ0n) is 12.3. The maximum Gasteiger partial charge on any atom is 0.211 e. The number of methoxy groups -OCH3 is 1. The third kappa shape index (κ3) is 2.32. The molecule has 20 heavy (non-hydrogen) atoms. The summed E-state index contributed by atoms with van der Waals surface area (Å²) in [6.07, 6.45) is 5.75. The van der Waals surface area contributed by atoms with E-state index in [0.717, 1.165) is 31.0 Å². The predicted octanol–water partition coefficient (Wildman–Crippen LogP) is 1.28. The van der Waals surface area contributed by atoms with Crippen LogP contribution in [-0.2, 0) is 11.8 Å². The SMILES string of the molecule is COc1cc(C(NN)C2CCOC3(CCC3)C2)nn1C. The summed E-state index contributed by atoms with van der Waals surface area (Å²) in [5.74, 6) is 7.03. The van der Waals surface area contributed by atoms with Gasteiger partial charge in [-0.1, -0.05) is 0 Å². The molecule has 112 valence electrons. The van der Waals surface area contributed by atoms with E-state index < -0.39 is 0 Å². The molecule has 1 aliphatic carbocycles. The smallest absolute Gasteiger partial charge is 0.211 e. The van der Waals surface area contributed by atoms with Gasteiger partial charge in [0.25, 0.3) is 0 Å². The van der Waals surface area contributed by atoms with E-state index in [9.17, 15) is 0 Å². The number of nitrogens with one attached hydrogen (secondary N) is 1. The molecule has 3 rings (SSSR count). The fraction of sp³-hybridized carbons (Fsp3) is 0.786. The van der Waals surface area contributed by atoms with Crippen LogP contribution in [0, 0.1) is 5.92 Å². The number of nitrogens with zero attached hydrogens (tertiary/aromatic N) is 2. The number of hydrogen-bond donors (Lipinski definition) is 2. The Kier molecular flexibility index (Phi) is 3.70. The van der Waals surface area contributed by atoms with E-state index in [2.05, 4.69) is 10.5 Å². The number of rotatable bonds is 4. The molecule has 0 bridgehead atoms. The molecule has 2 fully saturated rings. The molecule has 0 amide bonds. The largest absolute Gasteiger partial charge is 0.481 e. The van der Waals surface area contributed by atoms with E-state index in [0.29, 0.717) is 5.92 Å². The van der Waals surface area contributed by atoms with Crippen molar-refractivity contribution in [2.75, 3.05) is 13.7 Å². The first-order valence-corrected chi connectivity index (χ1v) is 7.35. The second-order valence-corrected chi connectivity index (χ2v) is 6.02. The number of aromatic nitrogens is 2. The van der Waals surface area contributed by atoms with Crippen LogP contribution in [0.2, 0.25) is 0 Å². The van der Waals surface area contributed by atoms with Crippen LogP contribution < -0.4 is 16.0 Å². The summed E-state index contributed by atoms with van der Waals surface area (Å²) in [6.45, 7) is 0.826. The first-order chi connectivity index (χ1) is 9.67. The number of nitrogens with two attached hydrogens (primary N) is 1. The van der Waals surface area contributed by atoms with Crippen LogP contribution in [0.1, 0.15) is 43.8 Å². The zero-order valence-corrected chi connectivity index (χ0v) is 12.3. The standard InChI is InChI=1S/C14H24N4O2/c1-18-12(19-2)8-11(17-18)13(16-15)10-4-7-20-14(9-10)5-3-6-14/h8,10,13,16H,3-7,9,15H2,1-2H3. The van der Waals surface area contributed by atoms with Gasteiger partial charge in [0.2, 0.25) is 5.88 Å². The molecule has 6 heteroatoms. The highest BCUT2D eigenvalue weighted by atomic mass is 16.5. The van der Waals surface area contributed by atoms with Crippen LogP contribution in [0.3, 0.4) is 0 Å². The highest BCUT2D eigenvalue weighted by Gasteiger charge is 2.44. The van der Waals surface area contributed by atoms with Crippen molar-refractivity contribution >= 4 is 0 Å². The van der Waals surface area contributed by atoms with E-state index in [1.807, 2.05) is 13.1 Å². The molecule has 1 aromatic rings. The molecule has 1 spiro atoms. The van der Waals surface area contributed by atoms with Crippen molar-refractivity contribution in [1.29, 1.82) is 0 Å². The van der Waals surface area contributed by atoms with Gasteiger partial charge in [-0.15, -0.1) is 0 Å². The van der Waals surface area contributed by atoms with Gasteiger partial charge in [-0.3, -0.25) is 11.3 Å². The van der Waals surface area contributed by atoms with Gasteiger partial charge in [0.1, 0.15) is 0 Å². The second-order valence-electron chi connectivity index (χ2n) is 6.02. The molecule has 2 heterocycles. The van der Waals surface area contributed by atoms with Crippen LogP contribution in [0.4, 0.5) is 0 Å². The quantitative estimate of drug-likeness (QED) is 0.642. The summed E-state index contributed by atoms with van der Waals surface area (Å²) in [4.78, 5) is 0. The molecule has 1 aliphatic heterocycles. The normalized spacial score (nSPS) is 26.2. The number of aryl methyl sites for hydroxylation is 1. The molecule has 6 nitrogen and oxygen atoms in total. The minimum absolute atomic E-state index is 0.0616. The van der Waals surface area contributed by atoms with E-state index in [1.165, 1.54) is 19.3 Å². The highest BCUT2D eigenvalue weighted by Crippen LogP contribution is 2.47. The summed E-state index contributed by atoms with van der Waals surface area (Å²) in [6, 6.07) is 2.03. The fourth-order valence-corrected chi connectivity index (χ4v) is 3.55. The number of hydrazine groups is 1. The first kappa shape index (κ1) is 13.9. The molecule has 1 saturated heterocycles. The predicted molar refractivity (Wildman–Crippen MR) is 75.1 cm³/mol. The number of hydrogen-bond acceptors (Lipinski definition) is 5. The van der Waals surface area contributed by atoms with Gasteiger partial charge in [-0.25, -0.2) is 4.68 Å². The molecule has 0 aromatic carbocycles. The van der Waals surface area contributed by atoms with Crippen LogP contribution >= 0.6 is 0 Å². The van der Waals surface area contributed by atoms with E-state index in [-0.39, 0.29) is 11.6 Å². The third-order valence-corrected chi connectivity index (χ3v) is 4.83. The summed E-state index contributed by atoms with van der Waals surface area (Å²) in [5, 5.41) is 4.53. The maximum absolute atomic E-state index is 5.99. The summed E-state index contributed by atoms with van der Waals surface area (Å²) in [5.41, 5.74) is 4.03. The molecule has 1 aromatic heterocycles. The highest BCUT2D eigenvalue weighted by molar-refractivity contribution is 5.20. The van der Waals surface area contributed by atoms with Gasteiger partial charge >= 0.3 is 0 Å². The molecule has 0 radical (unpaired) electrons. The molecule has 2 aliphatic rings. The minimum atomic E-state index is 0.0616. The maximum atomic E-state index is 5.99. The van der Waals surface area contributed by atoms with Gasteiger partial charge in [0, 0.05) is 19.7 Å². The van der Waals surface area contributed by atoms with Gasteiger partial charge in [-0.05, 0) is 38.0 Å². The summed E-state index contributed by atoms with van der Waals surface area (Å²) in [7, 11) is 3.54. The Hall–Kier alpha value is -1.11. The molecule has 2 atom stereocenters. The van der Waals surface area contributed by atoms with Crippen molar-refractivity contribution in [1.82, 2.24) is 15.2 Å². The Morgan fingerprint density at radius 2 is 2.40 bits per heavy atom. The molecule has 3 N–H and O–H groups in total. The lowest BCUT2D eigenvalue weighted by molar-refractivity contribution is -0.147. The Morgan fingerprint density at radius 3 is 2.95 bits per heavy atom. The molecular weight excluding hydrogens is 256 g/mol. The molecular formula is C14H24N4O2. The summed E-state index contributed by atoms with van der Waals surface area (Å²) < 4.78 is 13.0. The second kappa shape index (κ2) is 5.35. The van der Waals surface area contributed by atoms with Crippen molar-refractivity contribution in [3.8, 4) is 5.88 Å². The fourth-order valence-electron chi connectivity index (χ4n) is 3.55. The zero-order chi connectivity index (χ0) is 14.2. The van der Waals surface area contributed by atoms with Crippen LogP contribution in [0.25, 0.3) is 0 Å². The Bertz CT molecular complexity index is 470. The van der Waals surface area contributed by atoms with Crippen LogP contribution in [-0.4, -0.2) is 29.1 Å². The van der Waals surface area contributed by atoms with Crippen LogP contribution in [0.5, 0.6) is 5.88 Å². The lowest BCUT2D eigenvalue weighted by atomic mass is 9.70. The Balaban J connectivity index is 1.78. The third-order valence-electron chi connectivity index (χ3n) is 4.83.